The maximum Gasteiger partial charge on any atom is 0.335 e. The first kappa shape index (κ1) is 17.4. The summed E-state index contributed by atoms with van der Waals surface area (Å²) >= 11 is 0. The molecule has 3 N–H and O–H groups in total. The maximum atomic E-state index is 12.4. The standard InChI is InChI=1S/C14H13O7PS/c15-14(16)11-3-7-13(8-4-11)23(20,21)12-5-1-10(2-6-12)9-22(17,18)19/h1-8H,9H2,(H,15,16)(H2,17,18,19). The zero-order valence-corrected chi connectivity index (χ0v) is 13.4. The van der Waals surface area contributed by atoms with E-state index < -0.39 is 29.6 Å². The topological polar surface area (TPSA) is 129 Å². The maximum absolute atomic E-state index is 12.4. The molecule has 0 bridgehead atoms. The van der Waals surface area contributed by atoms with Crippen LogP contribution in [0.4, 0.5) is 0 Å². The summed E-state index contributed by atoms with van der Waals surface area (Å²) in [5.41, 5.74) is 0.291. The Bertz CT molecular complexity index is 864. The van der Waals surface area contributed by atoms with Crippen LogP contribution < -0.4 is 0 Å². The van der Waals surface area contributed by atoms with E-state index in [1.54, 1.807) is 0 Å². The Hall–Kier alpha value is -1.99. The minimum atomic E-state index is -4.22. The minimum absolute atomic E-state index is 0.0269. The summed E-state index contributed by atoms with van der Waals surface area (Å²) in [6.45, 7) is 0. The van der Waals surface area contributed by atoms with Gasteiger partial charge in [0.05, 0.1) is 21.5 Å². The fourth-order valence-electron chi connectivity index (χ4n) is 1.92. The van der Waals surface area contributed by atoms with E-state index in [9.17, 15) is 17.8 Å². The molecule has 0 amide bonds. The van der Waals surface area contributed by atoms with Gasteiger partial charge in [-0.2, -0.15) is 0 Å². The summed E-state index contributed by atoms with van der Waals surface area (Å²) in [5, 5.41) is 8.81. The van der Waals surface area contributed by atoms with E-state index in [-0.39, 0.29) is 15.4 Å². The highest BCUT2D eigenvalue weighted by molar-refractivity contribution is 7.91. The molecule has 0 aliphatic rings. The van der Waals surface area contributed by atoms with Crippen LogP contribution in [0.5, 0.6) is 0 Å². The molecule has 122 valence electrons. The molecule has 0 saturated heterocycles. The number of benzene rings is 2. The number of hydrogen-bond acceptors (Lipinski definition) is 4. The van der Waals surface area contributed by atoms with E-state index in [0.29, 0.717) is 5.56 Å². The summed E-state index contributed by atoms with van der Waals surface area (Å²) in [6.07, 6.45) is -0.472. The van der Waals surface area contributed by atoms with Crippen molar-refractivity contribution < 1.29 is 32.7 Å². The molecule has 0 aromatic heterocycles. The van der Waals surface area contributed by atoms with Gasteiger partial charge in [0.2, 0.25) is 9.84 Å². The van der Waals surface area contributed by atoms with Crippen LogP contribution in [0.3, 0.4) is 0 Å². The average Bonchev–Trinajstić information content (AvgIpc) is 2.46. The highest BCUT2D eigenvalue weighted by Crippen LogP contribution is 2.39. The first-order chi connectivity index (χ1) is 10.6. The number of hydrogen-bond donors (Lipinski definition) is 3. The molecule has 0 fully saturated rings. The summed E-state index contributed by atoms with van der Waals surface area (Å²) < 4.78 is 35.7. The normalized spacial score (nSPS) is 12.1. The third kappa shape index (κ3) is 4.27. The van der Waals surface area contributed by atoms with Gasteiger partial charge in [0.1, 0.15) is 0 Å². The van der Waals surface area contributed by atoms with Crippen molar-refractivity contribution in [3.63, 3.8) is 0 Å². The molecule has 9 heteroatoms. The third-order valence-corrected chi connectivity index (χ3v) is 5.60. The first-order valence-corrected chi connectivity index (χ1v) is 9.60. The number of carboxylic acid groups (broad SMARTS) is 1. The fraction of sp³-hybridized carbons (Fsp3) is 0.0714. The van der Waals surface area contributed by atoms with Crippen molar-refractivity contribution in [2.75, 3.05) is 0 Å². The molecule has 0 radical (unpaired) electrons. The van der Waals surface area contributed by atoms with E-state index in [1.807, 2.05) is 0 Å². The van der Waals surface area contributed by atoms with Crippen molar-refractivity contribution in [1.29, 1.82) is 0 Å². The predicted octanol–water partition coefficient (Wildman–Crippen LogP) is 1.90. The van der Waals surface area contributed by atoms with Crippen molar-refractivity contribution in [2.24, 2.45) is 0 Å². The average molecular weight is 356 g/mol. The number of carbonyl (C=O) groups is 1. The molecule has 0 unspecified atom stereocenters. The van der Waals surface area contributed by atoms with Gasteiger partial charge >= 0.3 is 13.6 Å². The van der Waals surface area contributed by atoms with Crippen LogP contribution in [0.1, 0.15) is 15.9 Å². The Balaban J connectivity index is 2.32. The fourth-order valence-corrected chi connectivity index (χ4v) is 3.87. The van der Waals surface area contributed by atoms with Crippen LogP contribution in [0.2, 0.25) is 0 Å². The zero-order valence-electron chi connectivity index (χ0n) is 11.7. The SMILES string of the molecule is O=C(O)c1ccc(S(=O)(=O)c2ccc(CP(=O)(O)O)cc2)cc1. The van der Waals surface area contributed by atoms with Gasteiger partial charge in [0.25, 0.3) is 0 Å². The predicted molar refractivity (Wildman–Crippen MR) is 81.0 cm³/mol. The van der Waals surface area contributed by atoms with Crippen LogP contribution in [-0.2, 0) is 20.6 Å². The lowest BCUT2D eigenvalue weighted by molar-refractivity contribution is 0.0696. The van der Waals surface area contributed by atoms with Crippen molar-refractivity contribution >= 4 is 23.4 Å². The van der Waals surface area contributed by atoms with Crippen molar-refractivity contribution in [2.45, 2.75) is 16.0 Å². The highest BCUT2D eigenvalue weighted by Gasteiger charge is 2.19. The Morgan fingerprint density at radius 1 is 0.913 bits per heavy atom. The van der Waals surface area contributed by atoms with Crippen molar-refractivity contribution in [3.8, 4) is 0 Å². The molecule has 2 aromatic rings. The second-order valence-electron chi connectivity index (χ2n) is 4.80. The van der Waals surface area contributed by atoms with Gasteiger partial charge in [0, 0.05) is 0 Å². The summed E-state index contributed by atoms with van der Waals surface area (Å²) in [7, 11) is -8.05. The zero-order chi connectivity index (χ0) is 17.3. The lowest BCUT2D eigenvalue weighted by atomic mass is 10.2. The van der Waals surface area contributed by atoms with Gasteiger partial charge in [-0.3, -0.25) is 4.57 Å². The molecule has 2 aromatic carbocycles. The molecule has 0 aliphatic heterocycles. The summed E-state index contributed by atoms with van der Waals surface area (Å²) in [6, 6.07) is 9.95. The van der Waals surface area contributed by atoms with Gasteiger partial charge in [-0.15, -0.1) is 0 Å². The molecule has 0 heterocycles. The number of aromatic carboxylic acids is 1. The van der Waals surface area contributed by atoms with Crippen LogP contribution in [0.15, 0.2) is 58.3 Å². The Labute approximate surface area is 132 Å². The monoisotopic (exact) mass is 356 g/mol. The quantitative estimate of drug-likeness (QED) is 0.698. The molecule has 0 spiro atoms. The van der Waals surface area contributed by atoms with E-state index >= 15 is 0 Å². The number of sulfone groups is 1. The van der Waals surface area contributed by atoms with E-state index in [2.05, 4.69) is 0 Å². The smallest absolute Gasteiger partial charge is 0.335 e. The van der Waals surface area contributed by atoms with E-state index in [4.69, 9.17) is 14.9 Å². The highest BCUT2D eigenvalue weighted by atomic mass is 32.2. The van der Waals surface area contributed by atoms with Crippen LogP contribution in [0.25, 0.3) is 0 Å². The van der Waals surface area contributed by atoms with E-state index in [1.165, 1.54) is 48.5 Å². The second kappa shape index (κ2) is 6.25. The van der Waals surface area contributed by atoms with Gasteiger partial charge in [-0.1, -0.05) is 12.1 Å². The lowest BCUT2D eigenvalue weighted by Crippen LogP contribution is -2.03. The molecule has 0 atom stereocenters. The molecule has 23 heavy (non-hydrogen) atoms. The lowest BCUT2D eigenvalue weighted by Gasteiger charge is -2.07. The van der Waals surface area contributed by atoms with Gasteiger partial charge in [0.15, 0.2) is 0 Å². The van der Waals surface area contributed by atoms with Gasteiger partial charge < -0.3 is 14.9 Å². The third-order valence-electron chi connectivity index (χ3n) is 3.03. The number of rotatable bonds is 5. The summed E-state index contributed by atoms with van der Waals surface area (Å²) in [5.74, 6) is -1.16. The molecular weight excluding hydrogens is 343 g/mol. The van der Waals surface area contributed by atoms with Crippen LogP contribution >= 0.6 is 7.60 Å². The first-order valence-electron chi connectivity index (χ1n) is 6.31. The Morgan fingerprint density at radius 2 is 1.35 bits per heavy atom. The molecule has 2 rings (SSSR count). The molecule has 0 aliphatic carbocycles. The number of carboxylic acids is 1. The van der Waals surface area contributed by atoms with Crippen molar-refractivity contribution in [3.05, 3.63) is 59.7 Å². The van der Waals surface area contributed by atoms with Gasteiger partial charge in [-0.05, 0) is 42.0 Å². The Kier molecular flexibility index (Phi) is 4.72. The van der Waals surface area contributed by atoms with Crippen molar-refractivity contribution in [1.82, 2.24) is 0 Å². The summed E-state index contributed by atoms with van der Waals surface area (Å²) in [4.78, 5) is 28.4. The Morgan fingerprint density at radius 3 is 1.74 bits per heavy atom. The largest absolute Gasteiger partial charge is 0.478 e. The minimum Gasteiger partial charge on any atom is -0.478 e. The molecular formula is C14H13O7PS. The van der Waals surface area contributed by atoms with Gasteiger partial charge in [-0.25, -0.2) is 13.2 Å². The van der Waals surface area contributed by atoms with E-state index in [0.717, 1.165) is 0 Å². The van der Waals surface area contributed by atoms with Crippen LogP contribution in [-0.4, -0.2) is 29.3 Å². The van der Waals surface area contributed by atoms with Crippen LogP contribution in [0, 0.1) is 0 Å². The second-order valence-corrected chi connectivity index (χ2v) is 8.39. The molecule has 7 nitrogen and oxygen atoms in total. The molecule has 0 saturated carbocycles.